The summed E-state index contributed by atoms with van der Waals surface area (Å²) in [6.07, 6.45) is 5.53. The van der Waals surface area contributed by atoms with Gasteiger partial charge in [0.1, 0.15) is 11.5 Å². The molecule has 1 aromatic rings. The summed E-state index contributed by atoms with van der Waals surface area (Å²) < 4.78 is 11.2. The number of allylic oxidation sites excluding steroid dienone is 1. The number of thioether (sulfide) groups is 1. The number of methoxy groups -OCH3 is 2. The van der Waals surface area contributed by atoms with Crippen LogP contribution in [0.25, 0.3) is 0 Å². The van der Waals surface area contributed by atoms with Crippen molar-refractivity contribution in [3.63, 3.8) is 0 Å². The van der Waals surface area contributed by atoms with E-state index in [2.05, 4.69) is 19.6 Å². The van der Waals surface area contributed by atoms with Crippen molar-refractivity contribution in [1.29, 1.82) is 0 Å². The van der Waals surface area contributed by atoms with Gasteiger partial charge in [-0.15, -0.1) is 11.8 Å². The van der Waals surface area contributed by atoms with Crippen molar-refractivity contribution in [3.8, 4) is 11.5 Å². The second-order valence-electron chi connectivity index (χ2n) is 8.81. The molecule has 3 aliphatic rings. The van der Waals surface area contributed by atoms with Crippen LogP contribution in [0.3, 0.4) is 0 Å². The van der Waals surface area contributed by atoms with Gasteiger partial charge in [0.15, 0.2) is 0 Å². The topological polar surface area (TPSA) is 62.3 Å². The summed E-state index contributed by atoms with van der Waals surface area (Å²) in [5, 5.41) is 0. The molecule has 1 unspecified atom stereocenters. The van der Waals surface area contributed by atoms with E-state index in [1.54, 1.807) is 14.2 Å². The van der Waals surface area contributed by atoms with Crippen LogP contribution in [-0.4, -0.2) is 72.3 Å². The van der Waals surface area contributed by atoms with E-state index in [0.717, 1.165) is 28.3 Å². The molecule has 4 rings (SSSR count). The molecule has 178 valence electrons. The number of carbonyl (C=O) groups excluding carboxylic acids is 2. The lowest BCUT2D eigenvalue weighted by atomic mass is 9.82. The maximum atomic E-state index is 13.6. The SMILES string of the molecule is C=C(SC)C(=O)N1CCC2(CC1)C1=CC(C)c3c(cc(OC)cc3OC)CN1C(=O)N2CC. The van der Waals surface area contributed by atoms with E-state index in [0.29, 0.717) is 43.9 Å². The monoisotopic (exact) mass is 471 g/mol. The molecule has 33 heavy (non-hydrogen) atoms. The zero-order chi connectivity index (χ0) is 23.9. The smallest absolute Gasteiger partial charge is 0.325 e. The largest absolute Gasteiger partial charge is 0.497 e. The molecule has 0 saturated carbocycles. The number of carbonyl (C=O) groups is 2. The number of benzene rings is 1. The first kappa shape index (κ1) is 23.5. The number of amides is 3. The number of piperidine rings is 1. The molecule has 3 aliphatic heterocycles. The standard InChI is InChI=1S/C25H33N3O4S/c1-7-28-24(30)27-15-18-13-19(31-4)14-20(32-5)22(18)16(2)12-21(27)25(28)8-10-26(11-9-25)23(29)17(3)33-6/h12-14,16H,3,7-11,15H2,1-2,4-6H3. The normalized spacial score (nSPS) is 21.4. The molecule has 2 saturated heterocycles. The molecule has 8 heteroatoms. The Morgan fingerprint density at radius 3 is 2.52 bits per heavy atom. The number of urea groups is 1. The highest BCUT2D eigenvalue weighted by atomic mass is 32.2. The van der Waals surface area contributed by atoms with Gasteiger partial charge in [0.05, 0.1) is 31.2 Å². The Bertz CT molecular complexity index is 1010. The highest BCUT2D eigenvalue weighted by Crippen LogP contribution is 2.49. The average molecular weight is 472 g/mol. The summed E-state index contributed by atoms with van der Waals surface area (Å²) in [7, 11) is 3.31. The number of likely N-dealkylation sites (tertiary alicyclic amines) is 1. The van der Waals surface area contributed by atoms with Crippen LogP contribution in [0.5, 0.6) is 11.5 Å². The average Bonchev–Trinajstić information content (AvgIpc) is 2.94. The van der Waals surface area contributed by atoms with Gasteiger partial charge in [-0.25, -0.2) is 4.79 Å². The van der Waals surface area contributed by atoms with Crippen LogP contribution >= 0.6 is 11.8 Å². The highest BCUT2D eigenvalue weighted by molar-refractivity contribution is 8.03. The summed E-state index contributed by atoms with van der Waals surface area (Å²) >= 11 is 1.38. The lowest BCUT2D eigenvalue weighted by molar-refractivity contribution is -0.128. The Morgan fingerprint density at radius 2 is 1.94 bits per heavy atom. The van der Waals surface area contributed by atoms with Crippen LogP contribution in [0, 0.1) is 0 Å². The third-order valence-corrected chi connectivity index (χ3v) is 7.94. The van der Waals surface area contributed by atoms with E-state index < -0.39 is 5.54 Å². The summed E-state index contributed by atoms with van der Waals surface area (Å²) in [6, 6.07) is 3.94. The predicted molar refractivity (Wildman–Crippen MR) is 131 cm³/mol. The molecule has 1 atom stereocenters. The second-order valence-corrected chi connectivity index (χ2v) is 9.71. The van der Waals surface area contributed by atoms with Crippen LogP contribution in [-0.2, 0) is 11.3 Å². The minimum atomic E-state index is -0.406. The summed E-state index contributed by atoms with van der Waals surface area (Å²) in [5.41, 5.74) is 2.77. The lowest BCUT2D eigenvalue weighted by Gasteiger charge is -2.44. The Labute approximate surface area is 200 Å². The Balaban J connectivity index is 1.73. The molecule has 0 aliphatic carbocycles. The van der Waals surface area contributed by atoms with Crippen LogP contribution in [0.2, 0.25) is 0 Å². The number of rotatable bonds is 5. The zero-order valence-electron chi connectivity index (χ0n) is 20.1. The van der Waals surface area contributed by atoms with Crippen molar-refractivity contribution in [1.82, 2.24) is 14.7 Å². The molecule has 1 spiro atoms. The van der Waals surface area contributed by atoms with E-state index in [4.69, 9.17) is 9.47 Å². The number of hydrogen-bond acceptors (Lipinski definition) is 5. The molecule has 1 aromatic carbocycles. The van der Waals surface area contributed by atoms with Gasteiger partial charge < -0.3 is 19.3 Å². The Morgan fingerprint density at radius 1 is 1.24 bits per heavy atom. The van der Waals surface area contributed by atoms with Gasteiger partial charge in [0.25, 0.3) is 5.91 Å². The molecule has 2 fully saturated rings. The summed E-state index contributed by atoms with van der Waals surface area (Å²) in [4.78, 5) is 32.7. The fraction of sp³-hybridized carbons (Fsp3) is 0.520. The van der Waals surface area contributed by atoms with Crippen LogP contribution in [0.4, 0.5) is 4.79 Å². The van der Waals surface area contributed by atoms with Gasteiger partial charge in [-0.2, -0.15) is 0 Å². The van der Waals surface area contributed by atoms with Gasteiger partial charge in [-0.1, -0.05) is 19.6 Å². The first-order chi connectivity index (χ1) is 15.8. The first-order valence-corrected chi connectivity index (χ1v) is 12.6. The van der Waals surface area contributed by atoms with Gasteiger partial charge in [0.2, 0.25) is 0 Å². The number of nitrogens with zero attached hydrogens (tertiary/aromatic N) is 3. The molecule has 0 bridgehead atoms. The predicted octanol–water partition coefficient (Wildman–Crippen LogP) is 4.20. The summed E-state index contributed by atoms with van der Waals surface area (Å²) in [5.74, 6) is 1.56. The van der Waals surface area contributed by atoms with Crippen molar-refractivity contribution in [2.45, 2.75) is 44.7 Å². The molecular weight excluding hydrogens is 438 g/mol. The van der Waals surface area contributed by atoms with Gasteiger partial charge >= 0.3 is 6.03 Å². The second kappa shape index (κ2) is 8.97. The van der Waals surface area contributed by atoms with Gasteiger partial charge in [0, 0.05) is 42.9 Å². The minimum absolute atomic E-state index is 0.00553. The quantitative estimate of drug-likeness (QED) is 0.603. The third-order valence-electron chi connectivity index (χ3n) is 7.27. The fourth-order valence-corrected chi connectivity index (χ4v) is 5.91. The molecule has 0 radical (unpaired) electrons. The van der Waals surface area contributed by atoms with E-state index in [-0.39, 0.29) is 17.9 Å². The number of likely N-dealkylation sites (N-methyl/N-ethyl adjacent to an activating group) is 1. The molecule has 3 amide bonds. The van der Waals surface area contributed by atoms with Crippen molar-refractivity contribution in [2.75, 3.05) is 40.1 Å². The molecule has 0 aromatic heterocycles. The maximum Gasteiger partial charge on any atom is 0.325 e. The Hall–Kier alpha value is -2.61. The minimum Gasteiger partial charge on any atom is -0.497 e. The van der Waals surface area contributed by atoms with E-state index in [9.17, 15) is 9.59 Å². The van der Waals surface area contributed by atoms with E-state index in [1.165, 1.54) is 11.8 Å². The number of ether oxygens (including phenoxy) is 2. The molecule has 0 N–H and O–H groups in total. The van der Waals surface area contributed by atoms with Crippen LogP contribution in [0.1, 0.15) is 43.7 Å². The maximum absolute atomic E-state index is 13.6. The highest BCUT2D eigenvalue weighted by Gasteiger charge is 2.55. The van der Waals surface area contributed by atoms with E-state index in [1.807, 2.05) is 40.0 Å². The zero-order valence-corrected chi connectivity index (χ0v) is 21.0. The van der Waals surface area contributed by atoms with Crippen molar-refractivity contribution in [3.05, 3.63) is 46.5 Å². The van der Waals surface area contributed by atoms with Crippen LogP contribution in [0.15, 0.2) is 35.4 Å². The first-order valence-electron chi connectivity index (χ1n) is 11.4. The van der Waals surface area contributed by atoms with Crippen LogP contribution < -0.4 is 9.47 Å². The number of hydrogen-bond donors (Lipinski definition) is 0. The van der Waals surface area contributed by atoms with Crippen molar-refractivity contribution in [2.24, 2.45) is 0 Å². The van der Waals surface area contributed by atoms with Gasteiger partial charge in [-0.3, -0.25) is 9.69 Å². The number of fused-ring (bicyclic) bond motifs is 3. The molecular formula is C25H33N3O4S. The van der Waals surface area contributed by atoms with E-state index >= 15 is 0 Å². The third kappa shape index (κ3) is 3.68. The molecule has 7 nitrogen and oxygen atoms in total. The van der Waals surface area contributed by atoms with Crippen molar-refractivity contribution < 1.29 is 19.1 Å². The van der Waals surface area contributed by atoms with Gasteiger partial charge in [-0.05, 0) is 37.7 Å². The summed E-state index contributed by atoms with van der Waals surface area (Å²) in [6.45, 7) is 10.4. The fourth-order valence-electron chi connectivity index (χ4n) is 5.61. The van der Waals surface area contributed by atoms with Crippen molar-refractivity contribution >= 4 is 23.7 Å². The Kier molecular flexibility index (Phi) is 6.40. The lowest BCUT2D eigenvalue weighted by Crippen LogP contribution is -2.54. The molecule has 3 heterocycles.